The van der Waals surface area contributed by atoms with Gasteiger partial charge in [0.2, 0.25) is 0 Å². The lowest BCUT2D eigenvalue weighted by Crippen LogP contribution is -2.37. The molecule has 1 saturated heterocycles. The van der Waals surface area contributed by atoms with E-state index in [2.05, 4.69) is 4.98 Å². The summed E-state index contributed by atoms with van der Waals surface area (Å²) in [6.45, 7) is 1.36. The number of hydrogen-bond donors (Lipinski definition) is 0. The van der Waals surface area contributed by atoms with Crippen molar-refractivity contribution in [2.75, 3.05) is 13.1 Å². The Kier molecular flexibility index (Phi) is 3.52. The molecule has 1 aliphatic rings. The molecule has 2 aromatic carbocycles. The molecular formula is C21H18N2O3. The number of aromatic nitrogens is 1. The van der Waals surface area contributed by atoms with Crippen LogP contribution in [-0.2, 0) is 0 Å². The first-order valence-corrected chi connectivity index (χ1v) is 8.91. The zero-order valence-corrected chi connectivity index (χ0v) is 14.2. The van der Waals surface area contributed by atoms with Crippen molar-refractivity contribution < 1.29 is 13.6 Å². The van der Waals surface area contributed by atoms with E-state index in [-0.39, 0.29) is 11.8 Å². The molecule has 5 rings (SSSR count). The molecule has 0 saturated carbocycles. The molecule has 0 atom stereocenters. The van der Waals surface area contributed by atoms with Crippen LogP contribution in [0.3, 0.4) is 0 Å². The van der Waals surface area contributed by atoms with Gasteiger partial charge in [-0.15, -0.1) is 0 Å². The summed E-state index contributed by atoms with van der Waals surface area (Å²) < 4.78 is 11.6. The Morgan fingerprint density at radius 2 is 1.69 bits per heavy atom. The molecule has 5 heteroatoms. The highest BCUT2D eigenvalue weighted by Crippen LogP contribution is 2.31. The Morgan fingerprint density at radius 1 is 0.962 bits per heavy atom. The molecule has 130 valence electrons. The minimum absolute atomic E-state index is 0.0442. The van der Waals surface area contributed by atoms with E-state index < -0.39 is 0 Å². The van der Waals surface area contributed by atoms with Gasteiger partial charge in [0.05, 0.1) is 0 Å². The van der Waals surface area contributed by atoms with E-state index in [1.54, 1.807) is 0 Å². The molecule has 0 radical (unpaired) electrons. The number of fused-ring (bicyclic) bond motifs is 2. The minimum Gasteiger partial charge on any atom is -0.451 e. The number of rotatable bonds is 2. The number of benzene rings is 2. The minimum atomic E-state index is -0.0442. The monoisotopic (exact) mass is 346 g/mol. The van der Waals surface area contributed by atoms with Gasteiger partial charge < -0.3 is 13.7 Å². The molecule has 3 heterocycles. The Morgan fingerprint density at radius 3 is 2.46 bits per heavy atom. The van der Waals surface area contributed by atoms with Crippen LogP contribution in [0.25, 0.3) is 22.1 Å². The topological polar surface area (TPSA) is 59.5 Å². The lowest BCUT2D eigenvalue weighted by molar-refractivity contribution is 0.0677. The summed E-state index contributed by atoms with van der Waals surface area (Å²) in [4.78, 5) is 19.2. The van der Waals surface area contributed by atoms with Gasteiger partial charge in [0.25, 0.3) is 5.91 Å². The molecule has 1 amide bonds. The van der Waals surface area contributed by atoms with E-state index in [0.717, 1.165) is 40.8 Å². The Labute approximate surface area is 150 Å². The van der Waals surface area contributed by atoms with E-state index in [0.29, 0.717) is 18.8 Å². The number of furan rings is 1. The predicted octanol–water partition coefficient (Wildman–Crippen LogP) is 4.59. The maximum Gasteiger partial charge on any atom is 0.289 e. The van der Waals surface area contributed by atoms with E-state index in [1.165, 1.54) is 0 Å². The van der Waals surface area contributed by atoms with Gasteiger partial charge in [-0.25, -0.2) is 4.98 Å². The molecule has 0 spiro atoms. The van der Waals surface area contributed by atoms with Crippen LogP contribution in [0.15, 0.2) is 63.4 Å². The third kappa shape index (κ3) is 2.56. The van der Waals surface area contributed by atoms with Gasteiger partial charge in [0.15, 0.2) is 17.2 Å². The fourth-order valence-electron chi connectivity index (χ4n) is 3.64. The van der Waals surface area contributed by atoms with Gasteiger partial charge in [-0.2, -0.15) is 0 Å². The SMILES string of the molecule is O=C(c1cc2ccccc2o1)N1CCC(c2nc3ccccc3o2)CC1. The molecule has 0 bridgehead atoms. The van der Waals surface area contributed by atoms with Crippen molar-refractivity contribution in [2.45, 2.75) is 18.8 Å². The normalized spacial score (nSPS) is 15.8. The number of hydrogen-bond acceptors (Lipinski definition) is 4. The van der Waals surface area contributed by atoms with Gasteiger partial charge in [0.1, 0.15) is 11.1 Å². The third-order valence-corrected chi connectivity index (χ3v) is 5.08. The van der Waals surface area contributed by atoms with Crippen molar-refractivity contribution >= 4 is 28.0 Å². The lowest BCUT2D eigenvalue weighted by atomic mass is 9.96. The Bertz CT molecular complexity index is 1020. The van der Waals surface area contributed by atoms with Crippen LogP contribution in [0.1, 0.15) is 35.2 Å². The van der Waals surface area contributed by atoms with Crippen LogP contribution in [0.5, 0.6) is 0 Å². The Hall–Kier alpha value is -3.08. The molecule has 0 N–H and O–H groups in total. The molecule has 4 aromatic rings. The van der Waals surface area contributed by atoms with E-state index in [9.17, 15) is 4.79 Å². The molecule has 0 unspecified atom stereocenters. The van der Waals surface area contributed by atoms with E-state index >= 15 is 0 Å². The van der Waals surface area contributed by atoms with E-state index in [4.69, 9.17) is 8.83 Å². The summed E-state index contributed by atoms with van der Waals surface area (Å²) in [7, 11) is 0. The van der Waals surface area contributed by atoms with Crippen LogP contribution < -0.4 is 0 Å². The highest BCUT2D eigenvalue weighted by Gasteiger charge is 2.28. The van der Waals surface area contributed by atoms with Gasteiger partial charge in [0, 0.05) is 24.4 Å². The first kappa shape index (κ1) is 15.2. The van der Waals surface area contributed by atoms with Crippen LogP contribution in [0.2, 0.25) is 0 Å². The largest absolute Gasteiger partial charge is 0.451 e. The van der Waals surface area contributed by atoms with Crippen molar-refractivity contribution in [1.29, 1.82) is 0 Å². The fraction of sp³-hybridized carbons (Fsp3) is 0.238. The summed E-state index contributed by atoms with van der Waals surface area (Å²) in [6.07, 6.45) is 1.69. The van der Waals surface area contributed by atoms with Crippen molar-refractivity contribution in [2.24, 2.45) is 0 Å². The summed E-state index contributed by atoms with van der Waals surface area (Å²) >= 11 is 0. The fourth-order valence-corrected chi connectivity index (χ4v) is 3.64. The van der Waals surface area contributed by atoms with Crippen LogP contribution in [0, 0.1) is 0 Å². The van der Waals surface area contributed by atoms with Gasteiger partial charge in [-0.05, 0) is 37.1 Å². The molecule has 1 aliphatic heterocycles. The molecule has 26 heavy (non-hydrogen) atoms. The zero-order chi connectivity index (χ0) is 17.5. The quantitative estimate of drug-likeness (QED) is 0.532. The molecular weight excluding hydrogens is 328 g/mol. The summed E-state index contributed by atoms with van der Waals surface area (Å²) in [6, 6.07) is 17.3. The number of amides is 1. The second-order valence-corrected chi connectivity index (χ2v) is 6.73. The van der Waals surface area contributed by atoms with Gasteiger partial charge >= 0.3 is 0 Å². The maximum atomic E-state index is 12.7. The highest BCUT2D eigenvalue weighted by atomic mass is 16.4. The second-order valence-electron chi connectivity index (χ2n) is 6.73. The van der Waals surface area contributed by atoms with Crippen molar-refractivity contribution in [3.8, 4) is 0 Å². The number of nitrogens with zero attached hydrogens (tertiary/aromatic N) is 2. The van der Waals surface area contributed by atoms with Crippen molar-refractivity contribution in [1.82, 2.24) is 9.88 Å². The molecule has 1 fully saturated rings. The number of carbonyl (C=O) groups is 1. The highest BCUT2D eigenvalue weighted by molar-refractivity contribution is 5.96. The number of likely N-dealkylation sites (tertiary alicyclic amines) is 1. The number of piperidine rings is 1. The second kappa shape index (κ2) is 6.02. The molecule has 2 aromatic heterocycles. The molecule has 0 aliphatic carbocycles. The van der Waals surface area contributed by atoms with Crippen molar-refractivity contribution in [3.05, 3.63) is 66.2 Å². The van der Waals surface area contributed by atoms with Crippen LogP contribution >= 0.6 is 0 Å². The Balaban J connectivity index is 1.31. The summed E-state index contributed by atoms with van der Waals surface area (Å²) in [5, 5.41) is 0.956. The van der Waals surface area contributed by atoms with Gasteiger partial charge in [-0.1, -0.05) is 30.3 Å². The predicted molar refractivity (Wildman–Crippen MR) is 98.1 cm³/mol. The first-order chi connectivity index (χ1) is 12.8. The summed E-state index contributed by atoms with van der Waals surface area (Å²) in [5.74, 6) is 1.40. The van der Waals surface area contributed by atoms with Crippen LogP contribution in [0.4, 0.5) is 0 Å². The average Bonchev–Trinajstić information content (AvgIpc) is 3.31. The number of para-hydroxylation sites is 3. The number of oxazole rings is 1. The zero-order valence-electron chi connectivity index (χ0n) is 14.2. The first-order valence-electron chi connectivity index (χ1n) is 8.91. The maximum absolute atomic E-state index is 12.7. The standard InChI is InChI=1S/C21H18N2O3/c24-21(19-13-15-5-1-3-7-17(15)25-19)23-11-9-14(10-12-23)20-22-16-6-2-4-8-18(16)26-20/h1-8,13-14H,9-12H2. The van der Waals surface area contributed by atoms with Crippen LogP contribution in [-0.4, -0.2) is 28.9 Å². The van der Waals surface area contributed by atoms with Crippen molar-refractivity contribution in [3.63, 3.8) is 0 Å². The lowest BCUT2D eigenvalue weighted by Gasteiger charge is -2.29. The van der Waals surface area contributed by atoms with Gasteiger partial charge in [-0.3, -0.25) is 4.79 Å². The number of carbonyl (C=O) groups excluding carboxylic acids is 1. The summed E-state index contributed by atoms with van der Waals surface area (Å²) in [5.41, 5.74) is 2.46. The molecule has 5 nitrogen and oxygen atoms in total. The third-order valence-electron chi connectivity index (χ3n) is 5.08. The smallest absolute Gasteiger partial charge is 0.289 e. The average molecular weight is 346 g/mol. The van der Waals surface area contributed by atoms with E-state index in [1.807, 2.05) is 59.5 Å².